The zero-order valence-electron chi connectivity index (χ0n) is 19.1. The lowest BCUT2D eigenvalue weighted by atomic mass is 9.73. The summed E-state index contributed by atoms with van der Waals surface area (Å²) in [4.78, 5) is 15.3. The molecule has 1 aliphatic carbocycles. The second-order valence-corrected chi connectivity index (χ2v) is 12.4. The minimum Gasteiger partial charge on any atom is -0.492 e. The third-order valence-corrected chi connectivity index (χ3v) is 10.8. The highest BCUT2D eigenvalue weighted by Crippen LogP contribution is 2.52. The first-order chi connectivity index (χ1) is 16.2. The number of fused-ring (bicyclic) bond motifs is 2. The van der Waals surface area contributed by atoms with E-state index < -0.39 is 20.0 Å². The first-order valence-electron chi connectivity index (χ1n) is 11.6. The van der Waals surface area contributed by atoms with E-state index in [1.807, 2.05) is 19.1 Å². The topological polar surface area (TPSA) is 95.9 Å². The number of hydrogen-bond donors (Lipinski definition) is 2. The molecule has 2 aromatic rings. The highest BCUT2D eigenvalue weighted by Gasteiger charge is 2.61. The molecule has 3 aliphatic rings. The van der Waals surface area contributed by atoms with E-state index in [2.05, 4.69) is 10.2 Å². The van der Waals surface area contributed by atoms with E-state index in [-0.39, 0.29) is 23.3 Å². The molecule has 1 amide bonds. The Labute approximate surface area is 205 Å². The van der Waals surface area contributed by atoms with Crippen molar-refractivity contribution in [1.29, 1.82) is 0 Å². The van der Waals surface area contributed by atoms with Crippen LogP contribution in [0, 0.1) is 5.92 Å². The number of piperidine rings is 1. The molecule has 182 valence electrons. The number of ether oxygens (including phenoxy) is 1. The fraction of sp³-hybridized carbons (Fsp3) is 0.480. The SMILES string of the molecule is CC1CC1(CO)S(=O)(=O)c1ccc(OCCN2CCC3(CC2)C(=O)Nc2ccc(Cl)cc23)cc1. The van der Waals surface area contributed by atoms with Crippen molar-refractivity contribution in [3.8, 4) is 5.75 Å². The number of carbonyl (C=O) groups is 1. The third-order valence-electron chi connectivity index (χ3n) is 7.89. The van der Waals surface area contributed by atoms with E-state index >= 15 is 0 Å². The predicted octanol–water partition coefficient (Wildman–Crippen LogP) is 3.25. The van der Waals surface area contributed by atoms with Crippen molar-refractivity contribution in [2.75, 3.05) is 38.2 Å². The van der Waals surface area contributed by atoms with Gasteiger partial charge in [0.25, 0.3) is 0 Å². The summed E-state index contributed by atoms with van der Waals surface area (Å²) in [7, 11) is -3.58. The Morgan fingerprint density at radius 3 is 2.47 bits per heavy atom. The van der Waals surface area contributed by atoms with E-state index in [1.165, 1.54) is 0 Å². The van der Waals surface area contributed by atoms with Crippen LogP contribution in [0.4, 0.5) is 5.69 Å². The van der Waals surface area contributed by atoms with Gasteiger partial charge >= 0.3 is 0 Å². The molecule has 2 atom stereocenters. The number of anilines is 1. The maximum Gasteiger partial charge on any atom is 0.235 e. The van der Waals surface area contributed by atoms with Crippen molar-refractivity contribution in [3.63, 3.8) is 0 Å². The number of halogens is 1. The molecule has 2 unspecified atom stereocenters. The summed E-state index contributed by atoms with van der Waals surface area (Å²) >= 11 is 6.19. The van der Waals surface area contributed by atoms with Gasteiger partial charge < -0.3 is 15.2 Å². The summed E-state index contributed by atoms with van der Waals surface area (Å²) in [6, 6.07) is 12.0. The highest BCUT2D eigenvalue weighted by atomic mass is 35.5. The molecule has 0 radical (unpaired) electrons. The summed E-state index contributed by atoms with van der Waals surface area (Å²) in [6.07, 6.45) is 1.94. The van der Waals surface area contributed by atoms with Gasteiger partial charge in [0.2, 0.25) is 5.91 Å². The van der Waals surface area contributed by atoms with Crippen LogP contribution in [0.15, 0.2) is 47.4 Å². The monoisotopic (exact) mass is 504 g/mol. The lowest BCUT2D eigenvalue weighted by Gasteiger charge is -2.37. The van der Waals surface area contributed by atoms with Crippen molar-refractivity contribution in [2.24, 2.45) is 5.92 Å². The number of sulfone groups is 1. The largest absolute Gasteiger partial charge is 0.492 e. The maximum absolute atomic E-state index is 12.9. The number of amides is 1. The second-order valence-electron chi connectivity index (χ2n) is 9.72. The average molecular weight is 505 g/mol. The summed E-state index contributed by atoms with van der Waals surface area (Å²) in [5.41, 5.74) is 1.35. The first-order valence-corrected chi connectivity index (χ1v) is 13.5. The summed E-state index contributed by atoms with van der Waals surface area (Å²) < 4.78 is 30.6. The van der Waals surface area contributed by atoms with Crippen LogP contribution in [-0.4, -0.2) is 61.9 Å². The number of hydrogen-bond acceptors (Lipinski definition) is 6. The zero-order chi connectivity index (χ0) is 24.1. The lowest BCUT2D eigenvalue weighted by Crippen LogP contribution is -2.47. The molecule has 34 heavy (non-hydrogen) atoms. The molecule has 2 fully saturated rings. The number of likely N-dealkylation sites (tertiary alicyclic amines) is 1. The van der Waals surface area contributed by atoms with Gasteiger partial charge in [0.15, 0.2) is 9.84 Å². The smallest absolute Gasteiger partial charge is 0.235 e. The highest BCUT2D eigenvalue weighted by molar-refractivity contribution is 7.93. The van der Waals surface area contributed by atoms with Crippen molar-refractivity contribution in [2.45, 2.75) is 41.2 Å². The number of aliphatic hydroxyl groups is 1. The van der Waals surface area contributed by atoms with Crippen molar-refractivity contribution < 1.29 is 23.1 Å². The molecule has 1 saturated heterocycles. The van der Waals surface area contributed by atoms with Crippen molar-refractivity contribution in [1.82, 2.24) is 4.90 Å². The summed E-state index contributed by atoms with van der Waals surface area (Å²) in [5.74, 6) is 0.621. The first kappa shape index (κ1) is 23.6. The summed E-state index contributed by atoms with van der Waals surface area (Å²) in [6.45, 7) is 4.23. The van der Waals surface area contributed by atoms with E-state index in [1.54, 1.807) is 30.3 Å². The molecule has 2 aromatic carbocycles. The Hall–Kier alpha value is -2.13. The Morgan fingerprint density at radius 1 is 1.18 bits per heavy atom. The molecule has 2 heterocycles. The molecule has 7 nitrogen and oxygen atoms in total. The molecule has 2 aliphatic heterocycles. The molecular weight excluding hydrogens is 476 g/mol. The van der Waals surface area contributed by atoms with Crippen molar-refractivity contribution in [3.05, 3.63) is 53.1 Å². The number of aliphatic hydroxyl groups excluding tert-OH is 1. The van der Waals surface area contributed by atoms with Crippen LogP contribution in [0.25, 0.3) is 0 Å². The molecule has 1 spiro atoms. The van der Waals surface area contributed by atoms with E-state index in [4.69, 9.17) is 16.3 Å². The number of nitrogens with one attached hydrogen (secondary N) is 1. The Bertz CT molecular complexity index is 1200. The molecule has 5 rings (SSSR count). The number of benzene rings is 2. The number of carbonyl (C=O) groups excluding carboxylic acids is 1. The van der Waals surface area contributed by atoms with Crippen LogP contribution in [0.3, 0.4) is 0 Å². The Kier molecular flexibility index (Phi) is 5.91. The van der Waals surface area contributed by atoms with Crippen LogP contribution < -0.4 is 10.1 Å². The zero-order valence-corrected chi connectivity index (χ0v) is 20.7. The molecule has 1 saturated carbocycles. The maximum atomic E-state index is 12.9. The van der Waals surface area contributed by atoms with Gasteiger partial charge in [-0.2, -0.15) is 0 Å². The normalized spacial score (nSPS) is 25.7. The average Bonchev–Trinajstić information content (AvgIpc) is 3.45. The molecule has 9 heteroatoms. The molecule has 0 bridgehead atoms. The van der Waals surface area contributed by atoms with Gasteiger partial charge in [0, 0.05) is 17.3 Å². The van der Waals surface area contributed by atoms with Crippen LogP contribution >= 0.6 is 11.6 Å². The number of rotatable bonds is 7. The van der Waals surface area contributed by atoms with Gasteiger partial charge in [0.1, 0.15) is 17.1 Å². The van der Waals surface area contributed by atoms with E-state index in [0.29, 0.717) is 30.3 Å². The van der Waals surface area contributed by atoms with Crippen LogP contribution in [0.1, 0.15) is 31.7 Å². The van der Waals surface area contributed by atoms with Gasteiger partial charge in [0.05, 0.1) is 16.9 Å². The van der Waals surface area contributed by atoms with Crippen molar-refractivity contribution >= 4 is 33.0 Å². The van der Waals surface area contributed by atoms with Crippen LogP contribution in [-0.2, 0) is 20.0 Å². The number of nitrogens with zero attached hydrogens (tertiary/aromatic N) is 1. The van der Waals surface area contributed by atoms with Crippen LogP contribution in [0.2, 0.25) is 5.02 Å². The fourth-order valence-corrected chi connectivity index (χ4v) is 7.73. The Balaban J connectivity index is 1.15. The van der Waals surface area contributed by atoms with Gasteiger partial charge in [-0.1, -0.05) is 18.5 Å². The second kappa shape index (κ2) is 8.52. The van der Waals surface area contributed by atoms with Gasteiger partial charge in [-0.3, -0.25) is 9.69 Å². The quantitative estimate of drug-likeness (QED) is 0.601. The predicted molar refractivity (Wildman–Crippen MR) is 130 cm³/mol. The minimum atomic E-state index is -3.58. The molecular formula is C25H29ClN2O5S. The van der Waals surface area contributed by atoms with Gasteiger partial charge in [-0.05, 0) is 86.3 Å². The standard InChI is InChI=1S/C25H29ClN2O5S/c1-17-15-25(17,16-29)34(31,32)20-5-3-19(4-6-20)33-13-12-28-10-8-24(9-11-28)21-14-18(26)2-7-22(21)27-23(24)30/h2-7,14,17,29H,8-13,15-16H2,1H3,(H,27,30). The summed E-state index contributed by atoms with van der Waals surface area (Å²) in [5, 5.41) is 13.3. The minimum absolute atomic E-state index is 0.0390. The van der Waals surface area contributed by atoms with E-state index in [0.717, 1.165) is 37.2 Å². The lowest BCUT2D eigenvalue weighted by molar-refractivity contribution is -0.122. The van der Waals surface area contributed by atoms with Gasteiger partial charge in [-0.15, -0.1) is 0 Å². The molecule has 0 aromatic heterocycles. The van der Waals surface area contributed by atoms with Gasteiger partial charge in [-0.25, -0.2) is 8.42 Å². The van der Waals surface area contributed by atoms with Crippen LogP contribution in [0.5, 0.6) is 5.75 Å². The Morgan fingerprint density at radius 2 is 1.85 bits per heavy atom. The fourth-order valence-electron chi connectivity index (χ4n) is 5.42. The van der Waals surface area contributed by atoms with E-state index in [9.17, 15) is 18.3 Å². The molecule has 2 N–H and O–H groups in total. The third kappa shape index (κ3) is 3.71.